The third kappa shape index (κ3) is 5.54. The second-order valence-electron chi connectivity index (χ2n) is 6.35. The van der Waals surface area contributed by atoms with Crippen molar-refractivity contribution >= 4 is 33.2 Å². The van der Waals surface area contributed by atoms with Gasteiger partial charge in [0.05, 0.1) is 7.11 Å². The molecule has 3 N–H and O–H groups in total. The molecule has 0 heterocycles. The van der Waals surface area contributed by atoms with Crippen molar-refractivity contribution in [2.24, 2.45) is 0 Å². The first-order valence-electron chi connectivity index (χ1n) is 8.51. The lowest BCUT2D eigenvalue weighted by atomic mass is 10.2. The second kappa shape index (κ2) is 8.85. The Morgan fingerprint density at radius 1 is 0.964 bits per heavy atom. The summed E-state index contributed by atoms with van der Waals surface area (Å²) in [5, 5.41) is 5.32. The monoisotopic (exact) mass is 405 g/mol. The van der Waals surface area contributed by atoms with E-state index in [1.807, 2.05) is 0 Å². The number of sulfonamides is 1. The first kappa shape index (κ1) is 21.4. The fourth-order valence-electron chi connectivity index (χ4n) is 2.45. The first-order chi connectivity index (χ1) is 13.1. The normalized spacial score (nSPS) is 11.2. The van der Waals surface area contributed by atoms with Gasteiger partial charge in [-0.15, -0.1) is 0 Å². The number of rotatable bonds is 7. The van der Waals surface area contributed by atoms with Gasteiger partial charge in [0.25, 0.3) is 5.91 Å². The minimum Gasteiger partial charge on any atom is -0.495 e. The van der Waals surface area contributed by atoms with E-state index in [-0.39, 0.29) is 28.2 Å². The van der Waals surface area contributed by atoms with Crippen molar-refractivity contribution in [3.8, 4) is 5.75 Å². The Balaban J connectivity index is 2.26. The fraction of sp³-hybridized carbons (Fsp3) is 0.263. The van der Waals surface area contributed by atoms with Gasteiger partial charge in [0, 0.05) is 29.9 Å². The van der Waals surface area contributed by atoms with Crippen LogP contribution in [0.2, 0.25) is 0 Å². The number of ether oxygens (including phenoxy) is 1. The van der Waals surface area contributed by atoms with E-state index in [9.17, 15) is 18.0 Å². The Kier molecular flexibility index (Phi) is 6.76. The second-order valence-corrected chi connectivity index (χ2v) is 8.04. The molecule has 0 aliphatic carbocycles. The van der Waals surface area contributed by atoms with Gasteiger partial charge in [-0.3, -0.25) is 9.59 Å². The van der Waals surface area contributed by atoms with E-state index in [2.05, 4.69) is 15.4 Å². The molecule has 0 saturated heterocycles. The standard InChI is InChI=1S/C19H23N3O5S/c1-12(2)22-28(25,26)18-11-14(5-10-17(18)27-4)19(24)21-16-8-6-15(7-9-16)20-13(3)23/h5-12,22H,1-4H3,(H,20,23)(H,21,24). The summed E-state index contributed by atoms with van der Waals surface area (Å²) in [5.74, 6) is -0.529. The van der Waals surface area contributed by atoms with Gasteiger partial charge in [-0.05, 0) is 56.3 Å². The smallest absolute Gasteiger partial charge is 0.255 e. The minimum atomic E-state index is -3.84. The van der Waals surface area contributed by atoms with Crippen molar-refractivity contribution in [1.82, 2.24) is 4.72 Å². The van der Waals surface area contributed by atoms with Crippen molar-refractivity contribution < 1.29 is 22.7 Å². The summed E-state index contributed by atoms with van der Waals surface area (Å²) in [4.78, 5) is 23.5. The van der Waals surface area contributed by atoms with Crippen molar-refractivity contribution in [2.45, 2.75) is 31.7 Å². The van der Waals surface area contributed by atoms with Crippen LogP contribution in [0.25, 0.3) is 0 Å². The third-order valence-electron chi connectivity index (χ3n) is 3.57. The summed E-state index contributed by atoms with van der Waals surface area (Å²) in [6.07, 6.45) is 0. The van der Waals surface area contributed by atoms with Crippen LogP contribution in [0.4, 0.5) is 11.4 Å². The van der Waals surface area contributed by atoms with Crippen LogP contribution >= 0.6 is 0 Å². The van der Waals surface area contributed by atoms with E-state index >= 15 is 0 Å². The van der Waals surface area contributed by atoms with Crippen LogP contribution in [0.5, 0.6) is 5.75 Å². The molecule has 0 atom stereocenters. The number of carbonyl (C=O) groups excluding carboxylic acids is 2. The van der Waals surface area contributed by atoms with Gasteiger partial charge < -0.3 is 15.4 Å². The highest BCUT2D eigenvalue weighted by Crippen LogP contribution is 2.25. The molecule has 0 aliphatic rings. The van der Waals surface area contributed by atoms with Crippen LogP contribution in [-0.4, -0.2) is 33.4 Å². The molecule has 0 aromatic heterocycles. The average Bonchev–Trinajstić information content (AvgIpc) is 2.61. The fourth-order valence-corrected chi connectivity index (χ4v) is 3.89. The van der Waals surface area contributed by atoms with E-state index in [0.29, 0.717) is 11.4 Å². The zero-order chi connectivity index (χ0) is 20.9. The Bertz CT molecular complexity index is 970. The lowest BCUT2D eigenvalue weighted by molar-refractivity contribution is -0.114. The van der Waals surface area contributed by atoms with Crippen LogP contribution < -0.4 is 20.1 Å². The highest BCUT2D eigenvalue weighted by atomic mass is 32.2. The van der Waals surface area contributed by atoms with Crippen molar-refractivity contribution in [3.63, 3.8) is 0 Å². The van der Waals surface area contributed by atoms with Gasteiger partial charge in [-0.2, -0.15) is 0 Å². The number of benzene rings is 2. The van der Waals surface area contributed by atoms with E-state index in [1.165, 1.54) is 32.2 Å². The Morgan fingerprint density at radius 2 is 1.54 bits per heavy atom. The van der Waals surface area contributed by atoms with Crippen LogP contribution in [0.15, 0.2) is 47.4 Å². The molecule has 0 bridgehead atoms. The zero-order valence-electron chi connectivity index (χ0n) is 16.1. The average molecular weight is 405 g/mol. The Labute approximate surface area is 164 Å². The SMILES string of the molecule is COc1ccc(C(=O)Nc2ccc(NC(C)=O)cc2)cc1S(=O)(=O)NC(C)C. The molecule has 2 rings (SSSR count). The van der Waals surface area contributed by atoms with E-state index in [0.717, 1.165) is 0 Å². The Morgan fingerprint density at radius 3 is 2.04 bits per heavy atom. The third-order valence-corrected chi connectivity index (χ3v) is 5.25. The lowest BCUT2D eigenvalue weighted by Gasteiger charge is -2.14. The number of hydrogen-bond donors (Lipinski definition) is 3. The van der Waals surface area contributed by atoms with Crippen LogP contribution in [0.1, 0.15) is 31.1 Å². The molecule has 8 nitrogen and oxygen atoms in total. The van der Waals surface area contributed by atoms with E-state index in [1.54, 1.807) is 38.1 Å². The molecule has 0 radical (unpaired) electrons. The molecule has 0 fully saturated rings. The number of carbonyl (C=O) groups is 2. The van der Waals surface area contributed by atoms with Gasteiger partial charge in [0.15, 0.2) is 0 Å². The summed E-state index contributed by atoms with van der Waals surface area (Å²) >= 11 is 0. The lowest BCUT2D eigenvalue weighted by Crippen LogP contribution is -2.30. The Hall–Kier alpha value is -2.91. The number of hydrogen-bond acceptors (Lipinski definition) is 5. The predicted molar refractivity (Wildman–Crippen MR) is 107 cm³/mol. The summed E-state index contributed by atoms with van der Waals surface area (Å²) in [6, 6.07) is 10.4. The summed E-state index contributed by atoms with van der Waals surface area (Å²) in [7, 11) is -2.48. The predicted octanol–water partition coefficient (Wildman–Crippen LogP) is 2.59. The molecule has 0 spiro atoms. The molecule has 2 aromatic carbocycles. The van der Waals surface area contributed by atoms with Gasteiger partial charge >= 0.3 is 0 Å². The maximum Gasteiger partial charge on any atom is 0.255 e. The maximum absolute atomic E-state index is 12.5. The van der Waals surface area contributed by atoms with Gasteiger partial charge in [0.1, 0.15) is 10.6 Å². The first-order valence-corrected chi connectivity index (χ1v) is 10.00. The largest absolute Gasteiger partial charge is 0.495 e. The quantitative estimate of drug-likeness (QED) is 0.655. The molecule has 0 saturated carbocycles. The molecule has 0 aliphatic heterocycles. The zero-order valence-corrected chi connectivity index (χ0v) is 16.9. The minimum absolute atomic E-state index is 0.114. The number of anilines is 2. The van der Waals surface area contributed by atoms with Crippen molar-refractivity contribution in [3.05, 3.63) is 48.0 Å². The molecule has 28 heavy (non-hydrogen) atoms. The van der Waals surface area contributed by atoms with E-state index < -0.39 is 15.9 Å². The number of methoxy groups -OCH3 is 1. The highest BCUT2D eigenvalue weighted by Gasteiger charge is 2.22. The molecule has 0 unspecified atom stereocenters. The molecular formula is C19H23N3O5S. The van der Waals surface area contributed by atoms with Crippen molar-refractivity contribution in [1.29, 1.82) is 0 Å². The molecule has 2 amide bonds. The topological polar surface area (TPSA) is 114 Å². The van der Waals surface area contributed by atoms with Gasteiger partial charge in [-0.1, -0.05) is 0 Å². The van der Waals surface area contributed by atoms with Crippen LogP contribution in [0.3, 0.4) is 0 Å². The van der Waals surface area contributed by atoms with Gasteiger partial charge in [-0.25, -0.2) is 13.1 Å². The van der Waals surface area contributed by atoms with Crippen LogP contribution in [0, 0.1) is 0 Å². The molecule has 150 valence electrons. The molecule has 2 aromatic rings. The van der Waals surface area contributed by atoms with Crippen molar-refractivity contribution in [2.75, 3.05) is 17.7 Å². The summed E-state index contributed by atoms with van der Waals surface area (Å²) in [5.41, 5.74) is 1.26. The number of amides is 2. The summed E-state index contributed by atoms with van der Waals surface area (Å²) < 4.78 is 32.6. The van der Waals surface area contributed by atoms with Crippen LogP contribution in [-0.2, 0) is 14.8 Å². The number of nitrogens with one attached hydrogen (secondary N) is 3. The maximum atomic E-state index is 12.5. The van der Waals surface area contributed by atoms with E-state index in [4.69, 9.17) is 4.74 Å². The summed E-state index contributed by atoms with van der Waals surface area (Å²) in [6.45, 7) is 4.80. The van der Waals surface area contributed by atoms with Gasteiger partial charge in [0.2, 0.25) is 15.9 Å². The molecule has 9 heteroatoms. The highest BCUT2D eigenvalue weighted by molar-refractivity contribution is 7.89. The molecular weight excluding hydrogens is 382 g/mol.